The summed E-state index contributed by atoms with van der Waals surface area (Å²) < 4.78 is 24.7. The maximum absolute atomic E-state index is 12.4. The lowest BCUT2D eigenvalue weighted by atomic mass is 9.95. The van der Waals surface area contributed by atoms with Crippen LogP contribution in [0.15, 0.2) is 0 Å². The fourth-order valence-corrected chi connectivity index (χ4v) is 5.28. The van der Waals surface area contributed by atoms with Crippen LogP contribution < -0.4 is 5.32 Å². The van der Waals surface area contributed by atoms with Crippen molar-refractivity contribution in [2.24, 2.45) is 0 Å². The van der Waals surface area contributed by atoms with Crippen LogP contribution in [0.25, 0.3) is 0 Å². The Kier molecular flexibility index (Phi) is 5.07. The van der Waals surface area contributed by atoms with Crippen LogP contribution in [-0.4, -0.2) is 31.5 Å². The van der Waals surface area contributed by atoms with Crippen LogP contribution in [0, 0.1) is 0 Å². The molecule has 18 heavy (non-hydrogen) atoms. The molecule has 1 N–H and O–H groups in total. The molecule has 3 nitrogen and oxygen atoms in total. The highest BCUT2D eigenvalue weighted by molar-refractivity contribution is 7.92. The Hall–Kier alpha value is -0.0900. The summed E-state index contributed by atoms with van der Waals surface area (Å²) in [6.07, 6.45) is 10.3. The predicted molar refractivity (Wildman–Crippen MR) is 75.5 cm³/mol. The Morgan fingerprint density at radius 2 is 1.56 bits per heavy atom. The van der Waals surface area contributed by atoms with Gasteiger partial charge in [-0.25, -0.2) is 8.42 Å². The van der Waals surface area contributed by atoms with Gasteiger partial charge >= 0.3 is 0 Å². The van der Waals surface area contributed by atoms with E-state index >= 15 is 0 Å². The molecule has 2 rings (SSSR count). The van der Waals surface area contributed by atoms with E-state index in [1.54, 1.807) is 0 Å². The van der Waals surface area contributed by atoms with Crippen LogP contribution in [0.1, 0.15) is 64.7 Å². The van der Waals surface area contributed by atoms with Crippen molar-refractivity contribution < 1.29 is 8.42 Å². The summed E-state index contributed by atoms with van der Waals surface area (Å²) in [5, 5.41) is 3.20. The lowest BCUT2D eigenvalue weighted by molar-refractivity contribution is 0.374. The molecule has 0 radical (unpaired) electrons. The van der Waals surface area contributed by atoms with E-state index in [2.05, 4.69) is 5.32 Å². The van der Waals surface area contributed by atoms with Gasteiger partial charge in [0.05, 0.1) is 10.5 Å². The summed E-state index contributed by atoms with van der Waals surface area (Å²) in [6.45, 7) is 2.52. The molecule has 0 aromatic heterocycles. The van der Waals surface area contributed by atoms with Gasteiger partial charge in [0.1, 0.15) is 0 Å². The maximum atomic E-state index is 12.4. The zero-order chi connectivity index (χ0) is 13.0. The first kappa shape index (κ1) is 14.3. The second-order valence-corrected chi connectivity index (χ2v) is 8.70. The van der Waals surface area contributed by atoms with Crippen molar-refractivity contribution in [3.63, 3.8) is 0 Å². The summed E-state index contributed by atoms with van der Waals surface area (Å²) in [5.74, 6) is 0. The molecule has 0 aromatic carbocycles. The molecule has 0 aromatic rings. The van der Waals surface area contributed by atoms with Gasteiger partial charge < -0.3 is 5.32 Å². The van der Waals surface area contributed by atoms with Crippen molar-refractivity contribution in [1.29, 1.82) is 0 Å². The third kappa shape index (κ3) is 3.47. The molecule has 0 bridgehead atoms. The van der Waals surface area contributed by atoms with Gasteiger partial charge in [0.15, 0.2) is 9.84 Å². The molecule has 1 atom stereocenters. The van der Waals surface area contributed by atoms with Gasteiger partial charge in [-0.15, -0.1) is 0 Å². The summed E-state index contributed by atoms with van der Waals surface area (Å²) in [4.78, 5) is 0. The fourth-order valence-electron chi connectivity index (χ4n) is 3.30. The Morgan fingerprint density at radius 1 is 1.00 bits per heavy atom. The summed E-state index contributed by atoms with van der Waals surface area (Å²) in [5.41, 5.74) is 0. The Bertz CT molecular complexity index is 341. The normalized spacial score (nSPS) is 25.4. The van der Waals surface area contributed by atoms with E-state index in [-0.39, 0.29) is 10.5 Å². The van der Waals surface area contributed by atoms with E-state index in [0.717, 1.165) is 25.7 Å². The van der Waals surface area contributed by atoms with Gasteiger partial charge in [0.2, 0.25) is 0 Å². The first-order chi connectivity index (χ1) is 8.60. The lowest BCUT2D eigenvalue weighted by Gasteiger charge is -2.25. The van der Waals surface area contributed by atoms with Crippen molar-refractivity contribution in [2.75, 3.05) is 6.54 Å². The second kappa shape index (κ2) is 6.38. The van der Waals surface area contributed by atoms with E-state index in [4.69, 9.17) is 0 Å². The molecule has 2 saturated carbocycles. The quantitative estimate of drug-likeness (QED) is 0.837. The Morgan fingerprint density at radius 3 is 2.17 bits per heavy atom. The van der Waals surface area contributed by atoms with Crippen molar-refractivity contribution in [1.82, 2.24) is 5.32 Å². The number of nitrogens with one attached hydrogen (secondary N) is 1. The molecule has 0 heterocycles. The smallest absolute Gasteiger partial charge is 0.156 e. The first-order valence-electron chi connectivity index (χ1n) is 7.57. The Labute approximate surface area is 112 Å². The minimum absolute atomic E-state index is 0.0549. The van der Waals surface area contributed by atoms with Gasteiger partial charge in [0.25, 0.3) is 0 Å². The number of sulfone groups is 1. The zero-order valence-electron chi connectivity index (χ0n) is 11.5. The van der Waals surface area contributed by atoms with E-state index in [1.165, 1.54) is 32.1 Å². The summed E-state index contributed by atoms with van der Waals surface area (Å²) in [6, 6.07) is 0.556. The third-order valence-corrected chi connectivity index (χ3v) is 7.32. The van der Waals surface area contributed by atoms with E-state index in [9.17, 15) is 8.42 Å². The minimum Gasteiger partial charge on any atom is -0.313 e. The van der Waals surface area contributed by atoms with Crippen molar-refractivity contribution in [3.05, 3.63) is 0 Å². The first-order valence-corrected chi connectivity index (χ1v) is 9.18. The summed E-state index contributed by atoms with van der Waals surface area (Å²) >= 11 is 0. The molecule has 4 heteroatoms. The van der Waals surface area contributed by atoms with Gasteiger partial charge in [-0.1, -0.05) is 32.1 Å². The fraction of sp³-hybridized carbons (Fsp3) is 1.00. The second-order valence-electron chi connectivity index (χ2n) is 6.05. The molecule has 2 fully saturated rings. The Balaban J connectivity index is 1.80. The molecule has 0 amide bonds. The van der Waals surface area contributed by atoms with Crippen molar-refractivity contribution >= 4 is 9.84 Å². The predicted octanol–water partition coefficient (Wildman–Crippen LogP) is 2.65. The number of rotatable bonds is 5. The van der Waals surface area contributed by atoms with Gasteiger partial charge in [-0.05, 0) is 32.6 Å². The number of hydrogen-bond acceptors (Lipinski definition) is 3. The molecule has 0 spiro atoms. The van der Waals surface area contributed by atoms with Crippen LogP contribution in [0.4, 0.5) is 0 Å². The van der Waals surface area contributed by atoms with Crippen LogP contribution >= 0.6 is 0 Å². The third-order valence-electron chi connectivity index (χ3n) is 4.63. The molecule has 0 aliphatic heterocycles. The molecule has 2 aliphatic carbocycles. The number of hydrogen-bond donors (Lipinski definition) is 1. The molecular weight excluding hydrogens is 246 g/mol. The molecule has 1 unspecified atom stereocenters. The highest BCUT2D eigenvalue weighted by Crippen LogP contribution is 2.27. The highest BCUT2D eigenvalue weighted by atomic mass is 32.2. The van der Waals surface area contributed by atoms with Crippen LogP contribution in [0.2, 0.25) is 0 Å². The van der Waals surface area contributed by atoms with Gasteiger partial charge in [0, 0.05) is 12.6 Å². The SMILES string of the molecule is CC(CNC1CCCCC1)S(=O)(=O)C1CCCC1. The van der Waals surface area contributed by atoms with E-state index < -0.39 is 9.84 Å². The topological polar surface area (TPSA) is 46.2 Å². The molecule has 0 saturated heterocycles. The standard InChI is InChI=1S/C14H27NO2S/c1-12(11-15-13-7-3-2-4-8-13)18(16,17)14-9-5-6-10-14/h12-15H,2-11H2,1H3. The average molecular weight is 273 g/mol. The molecule has 2 aliphatic rings. The highest BCUT2D eigenvalue weighted by Gasteiger charge is 2.33. The maximum Gasteiger partial charge on any atom is 0.156 e. The van der Waals surface area contributed by atoms with E-state index in [0.29, 0.717) is 12.6 Å². The summed E-state index contributed by atoms with van der Waals surface area (Å²) in [7, 11) is -2.90. The monoisotopic (exact) mass is 273 g/mol. The lowest BCUT2D eigenvalue weighted by Crippen LogP contribution is -2.41. The van der Waals surface area contributed by atoms with Crippen LogP contribution in [0.3, 0.4) is 0 Å². The average Bonchev–Trinajstić information content (AvgIpc) is 2.91. The van der Waals surface area contributed by atoms with Gasteiger partial charge in [-0.2, -0.15) is 0 Å². The van der Waals surface area contributed by atoms with Crippen LogP contribution in [-0.2, 0) is 9.84 Å². The zero-order valence-corrected chi connectivity index (χ0v) is 12.3. The largest absolute Gasteiger partial charge is 0.313 e. The van der Waals surface area contributed by atoms with Crippen LogP contribution in [0.5, 0.6) is 0 Å². The minimum atomic E-state index is -2.90. The molecule has 106 valence electrons. The van der Waals surface area contributed by atoms with Crippen molar-refractivity contribution in [2.45, 2.75) is 81.3 Å². The van der Waals surface area contributed by atoms with E-state index in [1.807, 2.05) is 6.92 Å². The van der Waals surface area contributed by atoms with Gasteiger partial charge in [-0.3, -0.25) is 0 Å². The molecular formula is C14H27NO2S. The van der Waals surface area contributed by atoms with Crippen molar-refractivity contribution in [3.8, 4) is 0 Å².